The number of carbonyl (C=O) groups excluding carboxylic acids is 2. The first-order chi connectivity index (χ1) is 12.1. The summed E-state index contributed by atoms with van der Waals surface area (Å²) in [5.41, 5.74) is 6.70. The van der Waals surface area contributed by atoms with Crippen LogP contribution in [0.1, 0.15) is 39.3 Å². The minimum Gasteiger partial charge on any atom is -0.497 e. The molecular formula is C19H23ClN2O4. The van der Waals surface area contributed by atoms with Gasteiger partial charge in [-0.3, -0.25) is 9.59 Å². The molecule has 0 spiro atoms. The standard InChI is InChI=1S/C19H22N2O4.ClH/c1-24-16-4-2-13(3-5-16)18(22)14-6-8-21(9-7-14)19(23)15-10-17(11-20)25-12-15;/h2-5,10,12,14H,6-9,11,20H2,1H3;1H. The van der Waals surface area contributed by atoms with Crippen LogP contribution >= 0.6 is 12.4 Å². The van der Waals surface area contributed by atoms with Crippen molar-refractivity contribution < 1.29 is 18.7 Å². The third-order valence-corrected chi connectivity index (χ3v) is 4.63. The van der Waals surface area contributed by atoms with Crippen molar-refractivity contribution in [3.8, 4) is 5.75 Å². The highest BCUT2D eigenvalue weighted by atomic mass is 35.5. The number of rotatable bonds is 5. The summed E-state index contributed by atoms with van der Waals surface area (Å²) in [5, 5.41) is 0. The molecule has 1 saturated heterocycles. The molecule has 7 heteroatoms. The van der Waals surface area contributed by atoms with Gasteiger partial charge < -0.3 is 19.8 Å². The highest BCUT2D eigenvalue weighted by Gasteiger charge is 2.29. The van der Waals surface area contributed by atoms with Gasteiger partial charge in [0.25, 0.3) is 5.91 Å². The third-order valence-electron chi connectivity index (χ3n) is 4.63. The van der Waals surface area contributed by atoms with E-state index in [2.05, 4.69) is 0 Å². The van der Waals surface area contributed by atoms with Crippen LogP contribution in [-0.4, -0.2) is 36.8 Å². The number of piperidine rings is 1. The number of carbonyl (C=O) groups is 2. The maximum atomic E-state index is 12.6. The molecular weight excluding hydrogens is 356 g/mol. The highest BCUT2D eigenvalue weighted by Crippen LogP contribution is 2.24. The van der Waals surface area contributed by atoms with Gasteiger partial charge in [0.05, 0.1) is 19.2 Å². The van der Waals surface area contributed by atoms with E-state index in [-0.39, 0.29) is 36.6 Å². The van der Waals surface area contributed by atoms with Gasteiger partial charge in [-0.2, -0.15) is 0 Å². The first kappa shape index (κ1) is 20.0. The van der Waals surface area contributed by atoms with Crippen LogP contribution in [0.5, 0.6) is 5.75 Å². The summed E-state index contributed by atoms with van der Waals surface area (Å²) in [6.07, 6.45) is 2.77. The zero-order valence-corrected chi connectivity index (χ0v) is 15.5. The second-order valence-corrected chi connectivity index (χ2v) is 6.17. The van der Waals surface area contributed by atoms with Crippen molar-refractivity contribution >= 4 is 24.1 Å². The van der Waals surface area contributed by atoms with Gasteiger partial charge in [0.15, 0.2) is 5.78 Å². The van der Waals surface area contributed by atoms with Crippen molar-refractivity contribution in [1.82, 2.24) is 4.90 Å². The maximum Gasteiger partial charge on any atom is 0.257 e. The van der Waals surface area contributed by atoms with Crippen LogP contribution < -0.4 is 10.5 Å². The fourth-order valence-corrected chi connectivity index (χ4v) is 3.12. The van der Waals surface area contributed by atoms with Gasteiger partial charge in [-0.25, -0.2) is 0 Å². The number of likely N-dealkylation sites (tertiary alicyclic amines) is 1. The van der Waals surface area contributed by atoms with Crippen molar-refractivity contribution in [3.63, 3.8) is 0 Å². The number of ether oxygens (including phenoxy) is 1. The van der Waals surface area contributed by atoms with E-state index in [1.54, 1.807) is 42.3 Å². The van der Waals surface area contributed by atoms with Gasteiger partial charge in [-0.1, -0.05) is 0 Å². The summed E-state index contributed by atoms with van der Waals surface area (Å²) in [5.74, 6) is 1.32. The third kappa shape index (κ3) is 4.26. The Kier molecular flexibility index (Phi) is 6.83. The van der Waals surface area contributed by atoms with Crippen LogP contribution in [0.2, 0.25) is 0 Å². The molecule has 1 amide bonds. The van der Waals surface area contributed by atoms with Crippen LogP contribution in [0, 0.1) is 5.92 Å². The van der Waals surface area contributed by atoms with Gasteiger partial charge in [0, 0.05) is 24.6 Å². The second kappa shape index (κ2) is 8.87. The van der Waals surface area contributed by atoms with E-state index in [9.17, 15) is 9.59 Å². The summed E-state index contributed by atoms with van der Waals surface area (Å²) in [6, 6.07) is 8.84. The number of methoxy groups -OCH3 is 1. The lowest BCUT2D eigenvalue weighted by molar-refractivity contribution is 0.0649. The number of furan rings is 1. The fraction of sp³-hybridized carbons (Fsp3) is 0.368. The smallest absolute Gasteiger partial charge is 0.257 e. The molecule has 0 radical (unpaired) electrons. The summed E-state index contributed by atoms with van der Waals surface area (Å²) < 4.78 is 10.3. The molecule has 1 fully saturated rings. The number of nitrogens with zero attached hydrogens (tertiary/aromatic N) is 1. The number of hydrogen-bond acceptors (Lipinski definition) is 5. The van der Waals surface area contributed by atoms with E-state index in [1.165, 1.54) is 6.26 Å². The van der Waals surface area contributed by atoms with Crippen molar-refractivity contribution in [3.05, 3.63) is 53.5 Å². The largest absolute Gasteiger partial charge is 0.497 e. The van der Waals surface area contributed by atoms with Crippen LogP contribution in [0.3, 0.4) is 0 Å². The number of benzene rings is 1. The van der Waals surface area contributed by atoms with Gasteiger partial charge in [0.2, 0.25) is 0 Å². The molecule has 2 aromatic rings. The molecule has 2 heterocycles. The average molecular weight is 379 g/mol. The monoisotopic (exact) mass is 378 g/mol. The van der Waals surface area contributed by atoms with Crippen LogP contribution in [-0.2, 0) is 6.54 Å². The molecule has 3 rings (SSSR count). The topological polar surface area (TPSA) is 85.8 Å². The van der Waals surface area contributed by atoms with E-state index < -0.39 is 0 Å². The molecule has 1 aromatic carbocycles. The lowest BCUT2D eigenvalue weighted by Crippen LogP contribution is -2.40. The molecule has 140 valence electrons. The van der Waals surface area contributed by atoms with E-state index in [1.807, 2.05) is 0 Å². The first-order valence-corrected chi connectivity index (χ1v) is 8.37. The van der Waals surface area contributed by atoms with E-state index >= 15 is 0 Å². The minimum atomic E-state index is -0.0706. The second-order valence-electron chi connectivity index (χ2n) is 6.17. The molecule has 0 saturated carbocycles. The number of ketones is 1. The van der Waals surface area contributed by atoms with Gasteiger partial charge in [-0.15, -0.1) is 12.4 Å². The Balaban J connectivity index is 0.00000243. The Morgan fingerprint density at radius 2 is 1.85 bits per heavy atom. The number of halogens is 1. The molecule has 6 nitrogen and oxygen atoms in total. The Morgan fingerprint density at radius 1 is 1.19 bits per heavy atom. The van der Waals surface area contributed by atoms with Gasteiger partial charge >= 0.3 is 0 Å². The van der Waals surface area contributed by atoms with Crippen LogP contribution in [0.25, 0.3) is 0 Å². The van der Waals surface area contributed by atoms with E-state index in [0.717, 1.165) is 5.75 Å². The molecule has 1 aromatic heterocycles. The quantitative estimate of drug-likeness (QED) is 0.808. The van der Waals surface area contributed by atoms with Crippen molar-refractivity contribution in [2.45, 2.75) is 19.4 Å². The van der Waals surface area contributed by atoms with E-state index in [0.29, 0.717) is 42.8 Å². The predicted molar refractivity (Wildman–Crippen MR) is 99.8 cm³/mol. The van der Waals surface area contributed by atoms with Crippen LogP contribution in [0.15, 0.2) is 41.0 Å². The molecule has 1 aliphatic rings. The Bertz CT molecular complexity index is 749. The number of hydrogen-bond donors (Lipinski definition) is 1. The van der Waals surface area contributed by atoms with Crippen molar-refractivity contribution in [2.75, 3.05) is 20.2 Å². The Morgan fingerprint density at radius 3 is 2.38 bits per heavy atom. The molecule has 1 aliphatic heterocycles. The SMILES string of the molecule is COc1ccc(C(=O)C2CCN(C(=O)c3coc(CN)c3)CC2)cc1.Cl. The summed E-state index contributed by atoms with van der Waals surface area (Å²) in [4.78, 5) is 26.9. The van der Waals surface area contributed by atoms with Gasteiger partial charge in [0.1, 0.15) is 17.8 Å². The Hall–Kier alpha value is -2.31. The van der Waals surface area contributed by atoms with E-state index in [4.69, 9.17) is 14.9 Å². The van der Waals surface area contributed by atoms with Crippen LogP contribution in [0.4, 0.5) is 0 Å². The average Bonchev–Trinajstić information content (AvgIpc) is 3.16. The number of nitrogens with two attached hydrogens (primary N) is 1. The van der Waals surface area contributed by atoms with Gasteiger partial charge in [-0.05, 0) is 43.2 Å². The predicted octanol–water partition coefficient (Wildman–Crippen LogP) is 2.90. The molecule has 26 heavy (non-hydrogen) atoms. The minimum absolute atomic E-state index is 0. The fourth-order valence-electron chi connectivity index (χ4n) is 3.12. The zero-order valence-electron chi connectivity index (χ0n) is 14.6. The Labute approximate surface area is 158 Å². The molecule has 0 atom stereocenters. The molecule has 0 bridgehead atoms. The maximum absolute atomic E-state index is 12.6. The lowest BCUT2D eigenvalue weighted by atomic mass is 9.88. The zero-order chi connectivity index (χ0) is 17.8. The highest BCUT2D eigenvalue weighted by molar-refractivity contribution is 5.98. The molecule has 2 N–H and O–H groups in total. The van der Waals surface area contributed by atoms with Crippen molar-refractivity contribution in [2.24, 2.45) is 11.7 Å². The molecule has 0 aliphatic carbocycles. The first-order valence-electron chi connectivity index (χ1n) is 8.37. The summed E-state index contributed by atoms with van der Waals surface area (Å²) >= 11 is 0. The summed E-state index contributed by atoms with van der Waals surface area (Å²) in [7, 11) is 1.60. The number of Topliss-reactive ketones (excluding diaryl/α,β-unsaturated/α-hetero) is 1. The molecule has 0 unspecified atom stereocenters. The summed E-state index contributed by atoms with van der Waals surface area (Å²) in [6.45, 7) is 1.40. The van der Waals surface area contributed by atoms with Crippen molar-refractivity contribution in [1.29, 1.82) is 0 Å². The normalized spacial score (nSPS) is 14.6. The number of amides is 1. The lowest BCUT2D eigenvalue weighted by Gasteiger charge is -2.31.